The fourth-order valence-corrected chi connectivity index (χ4v) is 1.56. The van der Waals surface area contributed by atoms with E-state index in [4.69, 9.17) is 0 Å². The molecule has 4 heteroatoms. The van der Waals surface area contributed by atoms with Crippen LogP contribution in [0.4, 0.5) is 10.1 Å². The number of nitrogens with zero attached hydrogens (tertiary/aromatic N) is 1. The second-order valence-electron chi connectivity index (χ2n) is 3.67. The molecule has 1 aromatic carbocycles. The Labute approximate surface area is 98.5 Å². The minimum absolute atomic E-state index is 0.0338. The number of rotatable bonds is 4. The van der Waals surface area contributed by atoms with Gasteiger partial charge in [-0.25, -0.2) is 4.39 Å². The molecule has 0 unspecified atom stereocenters. The van der Waals surface area contributed by atoms with E-state index in [0.29, 0.717) is 18.8 Å². The van der Waals surface area contributed by atoms with Crippen molar-refractivity contribution in [3.8, 4) is 0 Å². The predicted molar refractivity (Wildman–Crippen MR) is 65.6 cm³/mol. The average molecular weight is 232 g/mol. The molecule has 1 heterocycles. The zero-order chi connectivity index (χ0) is 12.1. The maximum absolute atomic E-state index is 12.9. The molecule has 0 aliphatic carbocycles. The zero-order valence-electron chi connectivity index (χ0n) is 9.27. The summed E-state index contributed by atoms with van der Waals surface area (Å²) in [6, 6.07) is 11.3. The number of anilines is 1. The standard InChI is InChI=1S/C13H13FN2O/c14-11-4-3-5-12(10-11)15-7-9-16-8-2-1-6-13(16)17/h1-6,8,10,15H,7,9H2. The van der Waals surface area contributed by atoms with Crippen molar-refractivity contribution in [1.29, 1.82) is 0 Å². The van der Waals surface area contributed by atoms with Crippen molar-refractivity contribution in [2.24, 2.45) is 0 Å². The third-order valence-corrected chi connectivity index (χ3v) is 2.41. The Morgan fingerprint density at radius 3 is 2.82 bits per heavy atom. The SMILES string of the molecule is O=c1ccccn1CCNc1cccc(F)c1. The monoisotopic (exact) mass is 232 g/mol. The Kier molecular flexibility index (Phi) is 3.55. The highest BCUT2D eigenvalue weighted by Gasteiger charge is 1.95. The lowest BCUT2D eigenvalue weighted by atomic mass is 10.3. The summed E-state index contributed by atoms with van der Waals surface area (Å²) in [6.45, 7) is 1.13. The molecule has 0 fully saturated rings. The largest absolute Gasteiger partial charge is 0.383 e. The van der Waals surface area contributed by atoms with E-state index in [1.165, 1.54) is 18.2 Å². The van der Waals surface area contributed by atoms with E-state index in [0.717, 1.165) is 0 Å². The summed E-state index contributed by atoms with van der Waals surface area (Å²) in [5.41, 5.74) is 0.683. The van der Waals surface area contributed by atoms with Gasteiger partial charge in [0.25, 0.3) is 5.56 Å². The highest BCUT2D eigenvalue weighted by molar-refractivity contribution is 5.42. The highest BCUT2D eigenvalue weighted by Crippen LogP contribution is 2.08. The van der Waals surface area contributed by atoms with E-state index in [9.17, 15) is 9.18 Å². The number of halogens is 1. The van der Waals surface area contributed by atoms with Crippen molar-refractivity contribution in [3.05, 3.63) is 64.8 Å². The summed E-state index contributed by atoms with van der Waals surface area (Å²) in [7, 11) is 0. The number of hydrogen-bond donors (Lipinski definition) is 1. The molecule has 2 rings (SSSR count). The van der Waals surface area contributed by atoms with Gasteiger partial charge in [0.2, 0.25) is 0 Å². The van der Waals surface area contributed by atoms with Crippen molar-refractivity contribution >= 4 is 5.69 Å². The second kappa shape index (κ2) is 5.30. The van der Waals surface area contributed by atoms with Gasteiger partial charge in [-0.05, 0) is 24.3 Å². The van der Waals surface area contributed by atoms with Gasteiger partial charge in [-0.2, -0.15) is 0 Å². The third-order valence-electron chi connectivity index (χ3n) is 2.41. The first kappa shape index (κ1) is 11.4. The van der Waals surface area contributed by atoms with E-state index >= 15 is 0 Å². The molecule has 0 amide bonds. The number of hydrogen-bond acceptors (Lipinski definition) is 2. The third kappa shape index (κ3) is 3.17. The molecule has 0 bridgehead atoms. The molecule has 0 aliphatic rings. The van der Waals surface area contributed by atoms with E-state index in [-0.39, 0.29) is 11.4 Å². The minimum atomic E-state index is -0.271. The van der Waals surface area contributed by atoms with Crippen molar-refractivity contribution in [3.63, 3.8) is 0 Å². The van der Waals surface area contributed by atoms with Gasteiger partial charge in [0.1, 0.15) is 5.82 Å². The average Bonchev–Trinajstić information content (AvgIpc) is 2.32. The van der Waals surface area contributed by atoms with E-state index in [2.05, 4.69) is 5.32 Å². The van der Waals surface area contributed by atoms with Gasteiger partial charge < -0.3 is 9.88 Å². The van der Waals surface area contributed by atoms with Gasteiger partial charge in [-0.15, -0.1) is 0 Å². The summed E-state index contributed by atoms with van der Waals surface area (Å²) in [5.74, 6) is -0.271. The summed E-state index contributed by atoms with van der Waals surface area (Å²) in [4.78, 5) is 11.4. The van der Waals surface area contributed by atoms with E-state index in [1.807, 2.05) is 6.07 Å². The van der Waals surface area contributed by atoms with Gasteiger partial charge in [0.05, 0.1) is 0 Å². The molecule has 17 heavy (non-hydrogen) atoms. The van der Waals surface area contributed by atoms with Gasteiger partial charge in [-0.1, -0.05) is 12.1 Å². The molecule has 0 atom stereocenters. The lowest BCUT2D eigenvalue weighted by Gasteiger charge is -2.08. The highest BCUT2D eigenvalue weighted by atomic mass is 19.1. The summed E-state index contributed by atoms with van der Waals surface area (Å²) in [6.07, 6.45) is 1.73. The summed E-state index contributed by atoms with van der Waals surface area (Å²) in [5, 5.41) is 3.06. The quantitative estimate of drug-likeness (QED) is 0.875. The molecule has 0 saturated carbocycles. The first-order chi connectivity index (χ1) is 8.25. The molecule has 88 valence electrons. The van der Waals surface area contributed by atoms with Gasteiger partial charge in [0.15, 0.2) is 0 Å². The van der Waals surface area contributed by atoms with Crippen LogP contribution in [0.2, 0.25) is 0 Å². The van der Waals surface area contributed by atoms with Crippen LogP contribution >= 0.6 is 0 Å². The van der Waals surface area contributed by atoms with E-state index < -0.39 is 0 Å². The van der Waals surface area contributed by atoms with E-state index in [1.54, 1.807) is 29.0 Å². The van der Waals surface area contributed by atoms with Crippen molar-refractivity contribution < 1.29 is 4.39 Å². The van der Waals surface area contributed by atoms with Crippen LogP contribution in [0.25, 0.3) is 0 Å². The van der Waals surface area contributed by atoms with Gasteiger partial charge in [-0.3, -0.25) is 4.79 Å². The van der Waals surface area contributed by atoms with Crippen molar-refractivity contribution in [2.75, 3.05) is 11.9 Å². The predicted octanol–water partition coefficient (Wildman–Crippen LogP) is 2.10. The molecule has 1 N–H and O–H groups in total. The van der Waals surface area contributed by atoms with Crippen LogP contribution in [0.3, 0.4) is 0 Å². The van der Waals surface area contributed by atoms with Crippen molar-refractivity contribution in [1.82, 2.24) is 4.57 Å². The number of nitrogens with one attached hydrogen (secondary N) is 1. The summed E-state index contributed by atoms with van der Waals surface area (Å²) < 4.78 is 14.5. The maximum Gasteiger partial charge on any atom is 0.250 e. The molecule has 0 radical (unpaired) electrons. The lowest BCUT2D eigenvalue weighted by molar-refractivity contribution is 0.628. The molecule has 2 aromatic rings. The Bertz CT molecular complexity index is 551. The lowest BCUT2D eigenvalue weighted by Crippen LogP contribution is -2.21. The minimum Gasteiger partial charge on any atom is -0.383 e. The molecule has 0 saturated heterocycles. The second-order valence-corrected chi connectivity index (χ2v) is 3.67. The molecule has 0 spiro atoms. The topological polar surface area (TPSA) is 34.0 Å². The molecular weight excluding hydrogens is 219 g/mol. The number of benzene rings is 1. The Hall–Kier alpha value is -2.10. The first-order valence-corrected chi connectivity index (χ1v) is 5.40. The molecular formula is C13H13FN2O. The van der Waals surface area contributed by atoms with Crippen LogP contribution in [0.5, 0.6) is 0 Å². The molecule has 0 aliphatic heterocycles. The van der Waals surface area contributed by atoms with Crippen LogP contribution in [0.1, 0.15) is 0 Å². The fourth-order valence-electron chi connectivity index (χ4n) is 1.56. The van der Waals surface area contributed by atoms with Crippen LogP contribution in [0.15, 0.2) is 53.5 Å². The Morgan fingerprint density at radius 2 is 2.06 bits per heavy atom. The van der Waals surface area contributed by atoms with Crippen LogP contribution < -0.4 is 10.9 Å². The Morgan fingerprint density at radius 1 is 1.18 bits per heavy atom. The normalized spacial score (nSPS) is 10.2. The van der Waals surface area contributed by atoms with Crippen molar-refractivity contribution in [2.45, 2.75) is 6.54 Å². The number of aromatic nitrogens is 1. The first-order valence-electron chi connectivity index (χ1n) is 5.40. The smallest absolute Gasteiger partial charge is 0.250 e. The van der Waals surface area contributed by atoms with Crippen LogP contribution in [-0.4, -0.2) is 11.1 Å². The fraction of sp³-hybridized carbons (Fsp3) is 0.154. The van der Waals surface area contributed by atoms with Gasteiger partial charge >= 0.3 is 0 Å². The number of pyridine rings is 1. The Balaban J connectivity index is 1.92. The van der Waals surface area contributed by atoms with Crippen LogP contribution in [0, 0.1) is 5.82 Å². The molecule has 1 aromatic heterocycles. The summed E-state index contributed by atoms with van der Waals surface area (Å²) >= 11 is 0. The maximum atomic E-state index is 12.9. The molecule has 3 nitrogen and oxygen atoms in total. The van der Waals surface area contributed by atoms with Crippen LogP contribution in [-0.2, 0) is 6.54 Å². The zero-order valence-corrected chi connectivity index (χ0v) is 9.27. The van der Waals surface area contributed by atoms with Gasteiger partial charge in [0, 0.05) is 31.0 Å².